The number of aromatic nitrogens is 1. The number of rotatable bonds is 4. The first-order valence-electron chi connectivity index (χ1n) is 5.99. The molecule has 3 nitrogen and oxygen atoms in total. The number of nitrogens with zero attached hydrogens (tertiary/aromatic N) is 1. The van der Waals surface area contributed by atoms with Crippen LogP contribution in [0.15, 0.2) is 23.6 Å². The van der Waals surface area contributed by atoms with Crippen LogP contribution in [-0.4, -0.2) is 4.98 Å². The zero-order valence-corrected chi connectivity index (χ0v) is 11.8. The summed E-state index contributed by atoms with van der Waals surface area (Å²) in [4.78, 5) is 4.19. The van der Waals surface area contributed by atoms with Crippen molar-refractivity contribution in [2.24, 2.45) is 0 Å². The third-order valence-electron chi connectivity index (χ3n) is 2.74. The summed E-state index contributed by atoms with van der Waals surface area (Å²) < 4.78 is 5.87. The fraction of sp³-hybridized carbons (Fsp3) is 0.357. The Kier molecular flexibility index (Phi) is 3.87. The Morgan fingerprint density at radius 3 is 2.78 bits per heavy atom. The first kappa shape index (κ1) is 12.9. The molecule has 0 unspecified atom stereocenters. The Hall–Kier alpha value is -1.55. The largest absolute Gasteiger partial charge is 0.487 e. The van der Waals surface area contributed by atoms with E-state index in [0.717, 1.165) is 11.4 Å². The zero-order valence-electron chi connectivity index (χ0n) is 10.9. The Balaban J connectivity index is 2.15. The van der Waals surface area contributed by atoms with Crippen LogP contribution >= 0.6 is 11.3 Å². The molecule has 0 fully saturated rings. The third kappa shape index (κ3) is 3.01. The minimum absolute atomic E-state index is 0.445. The van der Waals surface area contributed by atoms with E-state index in [4.69, 9.17) is 10.5 Å². The number of thiazole rings is 1. The fourth-order valence-corrected chi connectivity index (χ4v) is 2.33. The lowest BCUT2D eigenvalue weighted by molar-refractivity contribution is 0.298. The molecule has 0 spiro atoms. The molecular formula is C14H18N2OS. The van der Waals surface area contributed by atoms with Crippen molar-refractivity contribution in [3.8, 4) is 5.75 Å². The SMILES string of the molecule is Cc1ccc(C(C)C)c(OCc2csc(N)n2)c1. The van der Waals surface area contributed by atoms with Gasteiger partial charge in [-0.2, -0.15) is 0 Å². The minimum Gasteiger partial charge on any atom is -0.487 e. The Morgan fingerprint density at radius 1 is 1.39 bits per heavy atom. The van der Waals surface area contributed by atoms with E-state index in [0.29, 0.717) is 17.7 Å². The maximum absolute atomic E-state index is 5.87. The summed E-state index contributed by atoms with van der Waals surface area (Å²) in [7, 11) is 0. The first-order valence-corrected chi connectivity index (χ1v) is 6.87. The monoisotopic (exact) mass is 262 g/mol. The van der Waals surface area contributed by atoms with E-state index in [9.17, 15) is 0 Å². The van der Waals surface area contributed by atoms with E-state index in [1.807, 2.05) is 5.38 Å². The molecule has 0 saturated heterocycles. The molecule has 0 aliphatic rings. The maximum atomic E-state index is 5.87. The molecule has 1 aromatic carbocycles. The van der Waals surface area contributed by atoms with E-state index in [1.165, 1.54) is 22.5 Å². The van der Waals surface area contributed by atoms with Crippen LogP contribution in [0.5, 0.6) is 5.75 Å². The van der Waals surface area contributed by atoms with Crippen LogP contribution in [0.3, 0.4) is 0 Å². The maximum Gasteiger partial charge on any atom is 0.180 e. The van der Waals surface area contributed by atoms with Gasteiger partial charge in [0.2, 0.25) is 0 Å². The molecule has 0 amide bonds. The van der Waals surface area contributed by atoms with Gasteiger partial charge in [0.1, 0.15) is 12.4 Å². The van der Waals surface area contributed by atoms with Gasteiger partial charge in [-0.05, 0) is 30.0 Å². The van der Waals surface area contributed by atoms with Gasteiger partial charge in [0.25, 0.3) is 0 Å². The highest BCUT2D eigenvalue weighted by molar-refractivity contribution is 7.13. The van der Waals surface area contributed by atoms with Crippen LogP contribution in [0.4, 0.5) is 5.13 Å². The third-order valence-corrected chi connectivity index (χ3v) is 3.46. The number of nitrogen functional groups attached to an aromatic ring is 1. The standard InChI is InChI=1S/C14H18N2OS/c1-9(2)12-5-4-10(3)6-13(12)17-7-11-8-18-14(15)16-11/h4-6,8-9H,7H2,1-3H3,(H2,15,16). The van der Waals surface area contributed by atoms with Gasteiger partial charge in [-0.1, -0.05) is 26.0 Å². The highest BCUT2D eigenvalue weighted by atomic mass is 32.1. The van der Waals surface area contributed by atoms with Crippen LogP contribution in [-0.2, 0) is 6.61 Å². The topological polar surface area (TPSA) is 48.1 Å². The summed E-state index contributed by atoms with van der Waals surface area (Å²) in [6.07, 6.45) is 0. The van der Waals surface area contributed by atoms with E-state index < -0.39 is 0 Å². The molecule has 2 N–H and O–H groups in total. The molecule has 0 atom stereocenters. The summed E-state index contributed by atoms with van der Waals surface area (Å²) >= 11 is 1.44. The molecule has 18 heavy (non-hydrogen) atoms. The summed E-state index contributed by atoms with van der Waals surface area (Å²) in [5, 5.41) is 2.52. The van der Waals surface area contributed by atoms with Gasteiger partial charge in [-0.25, -0.2) is 4.98 Å². The fourth-order valence-electron chi connectivity index (χ4n) is 1.78. The second kappa shape index (κ2) is 5.40. The Bertz CT molecular complexity index is 534. The lowest BCUT2D eigenvalue weighted by Gasteiger charge is -2.14. The molecule has 4 heteroatoms. The highest BCUT2D eigenvalue weighted by Gasteiger charge is 2.09. The van der Waals surface area contributed by atoms with Crippen molar-refractivity contribution < 1.29 is 4.74 Å². The molecule has 2 rings (SSSR count). The molecule has 0 bridgehead atoms. The predicted molar refractivity (Wildman–Crippen MR) is 76.1 cm³/mol. The first-order chi connectivity index (χ1) is 8.56. The zero-order chi connectivity index (χ0) is 13.1. The molecule has 1 heterocycles. The average Bonchev–Trinajstić information content (AvgIpc) is 2.72. The molecule has 1 aromatic heterocycles. The van der Waals surface area contributed by atoms with E-state index in [1.54, 1.807) is 0 Å². The van der Waals surface area contributed by atoms with E-state index in [2.05, 4.69) is 44.0 Å². The van der Waals surface area contributed by atoms with E-state index in [-0.39, 0.29) is 0 Å². The molecule has 0 saturated carbocycles. The number of aryl methyl sites for hydroxylation is 1. The lowest BCUT2D eigenvalue weighted by atomic mass is 10.0. The summed E-state index contributed by atoms with van der Waals surface area (Å²) in [5.41, 5.74) is 8.91. The van der Waals surface area contributed by atoms with Gasteiger partial charge in [0.05, 0.1) is 5.69 Å². The van der Waals surface area contributed by atoms with Crippen LogP contribution in [0, 0.1) is 6.92 Å². The number of benzene rings is 1. The summed E-state index contributed by atoms with van der Waals surface area (Å²) in [6.45, 7) is 6.87. The number of hydrogen-bond acceptors (Lipinski definition) is 4. The minimum atomic E-state index is 0.445. The molecule has 2 aromatic rings. The molecule has 0 radical (unpaired) electrons. The highest BCUT2D eigenvalue weighted by Crippen LogP contribution is 2.28. The Labute approximate surface area is 112 Å². The molecular weight excluding hydrogens is 244 g/mol. The van der Waals surface area contributed by atoms with Gasteiger partial charge >= 0.3 is 0 Å². The van der Waals surface area contributed by atoms with Gasteiger partial charge < -0.3 is 10.5 Å². The number of anilines is 1. The molecule has 96 valence electrons. The predicted octanol–water partition coefficient (Wildman–Crippen LogP) is 3.74. The van der Waals surface area contributed by atoms with Crippen molar-refractivity contribution in [1.29, 1.82) is 0 Å². The van der Waals surface area contributed by atoms with Crippen LogP contribution in [0.1, 0.15) is 36.6 Å². The smallest absolute Gasteiger partial charge is 0.180 e. The van der Waals surface area contributed by atoms with Crippen LogP contribution < -0.4 is 10.5 Å². The summed E-state index contributed by atoms with van der Waals surface area (Å²) in [5.74, 6) is 1.39. The van der Waals surface area contributed by atoms with E-state index >= 15 is 0 Å². The van der Waals surface area contributed by atoms with Crippen molar-refractivity contribution in [2.75, 3.05) is 5.73 Å². The number of hydrogen-bond donors (Lipinski definition) is 1. The van der Waals surface area contributed by atoms with Crippen molar-refractivity contribution >= 4 is 16.5 Å². The van der Waals surface area contributed by atoms with Gasteiger partial charge in [-0.15, -0.1) is 11.3 Å². The normalized spacial score (nSPS) is 10.9. The van der Waals surface area contributed by atoms with Crippen LogP contribution in [0.25, 0.3) is 0 Å². The second-order valence-electron chi connectivity index (χ2n) is 4.66. The lowest BCUT2D eigenvalue weighted by Crippen LogP contribution is -2.01. The van der Waals surface area contributed by atoms with Crippen LogP contribution in [0.2, 0.25) is 0 Å². The van der Waals surface area contributed by atoms with Crippen molar-refractivity contribution in [1.82, 2.24) is 4.98 Å². The molecule has 0 aliphatic carbocycles. The van der Waals surface area contributed by atoms with Gasteiger partial charge in [0, 0.05) is 5.38 Å². The van der Waals surface area contributed by atoms with Gasteiger partial charge in [-0.3, -0.25) is 0 Å². The van der Waals surface area contributed by atoms with Crippen molar-refractivity contribution in [3.05, 3.63) is 40.4 Å². The van der Waals surface area contributed by atoms with Crippen molar-refractivity contribution in [3.63, 3.8) is 0 Å². The quantitative estimate of drug-likeness (QED) is 0.913. The molecule has 0 aliphatic heterocycles. The van der Waals surface area contributed by atoms with Gasteiger partial charge in [0.15, 0.2) is 5.13 Å². The van der Waals surface area contributed by atoms with Crippen molar-refractivity contribution in [2.45, 2.75) is 33.3 Å². The number of nitrogens with two attached hydrogens (primary N) is 1. The number of ether oxygens (including phenoxy) is 1. The summed E-state index contributed by atoms with van der Waals surface area (Å²) in [6, 6.07) is 6.32. The average molecular weight is 262 g/mol. The second-order valence-corrected chi connectivity index (χ2v) is 5.55. The Morgan fingerprint density at radius 2 is 2.17 bits per heavy atom.